The lowest BCUT2D eigenvalue weighted by Gasteiger charge is -2.12. The standard InChI is InChI=1S/C17H23N3/c1-5-9-18-16-11-15(12(2)3)19-17(20-16)14-8-6-7-13(4)10-14/h6-8,10-12H,5,9H2,1-4H3,(H,18,19,20). The molecule has 0 aliphatic heterocycles. The van der Waals surface area contributed by atoms with Crippen molar-refractivity contribution in [1.29, 1.82) is 0 Å². The van der Waals surface area contributed by atoms with Crippen molar-refractivity contribution in [2.45, 2.75) is 40.0 Å². The van der Waals surface area contributed by atoms with Crippen LogP contribution < -0.4 is 5.32 Å². The van der Waals surface area contributed by atoms with E-state index in [4.69, 9.17) is 4.98 Å². The maximum absolute atomic E-state index is 4.70. The summed E-state index contributed by atoms with van der Waals surface area (Å²) in [5.74, 6) is 2.12. The number of hydrogen-bond donors (Lipinski definition) is 1. The SMILES string of the molecule is CCCNc1cc(C(C)C)nc(-c2cccc(C)c2)n1. The zero-order valence-corrected chi connectivity index (χ0v) is 12.8. The smallest absolute Gasteiger partial charge is 0.161 e. The molecule has 0 radical (unpaired) electrons. The Balaban J connectivity index is 2.43. The van der Waals surface area contributed by atoms with Gasteiger partial charge in [0.15, 0.2) is 5.82 Å². The van der Waals surface area contributed by atoms with E-state index in [0.717, 1.165) is 35.9 Å². The van der Waals surface area contributed by atoms with Gasteiger partial charge >= 0.3 is 0 Å². The van der Waals surface area contributed by atoms with E-state index in [-0.39, 0.29) is 0 Å². The van der Waals surface area contributed by atoms with Crippen LogP contribution in [0.2, 0.25) is 0 Å². The quantitative estimate of drug-likeness (QED) is 0.874. The van der Waals surface area contributed by atoms with E-state index in [0.29, 0.717) is 5.92 Å². The van der Waals surface area contributed by atoms with Gasteiger partial charge in [-0.3, -0.25) is 0 Å². The predicted octanol–water partition coefficient (Wildman–Crippen LogP) is 4.40. The van der Waals surface area contributed by atoms with E-state index in [1.807, 2.05) is 0 Å². The fourth-order valence-electron chi connectivity index (χ4n) is 2.02. The highest BCUT2D eigenvalue weighted by Crippen LogP contribution is 2.22. The lowest BCUT2D eigenvalue weighted by atomic mass is 10.1. The Kier molecular flexibility index (Phi) is 4.72. The van der Waals surface area contributed by atoms with E-state index in [1.165, 1.54) is 5.56 Å². The first-order valence-electron chi connectivity index (χ1n) is 7.30. The van der Waals surface area contributed by atoms with Gasteiger partial charge < -0.3 is 5.32 Å². The Morgan fingerprint density at radius 2 is 1.95 bits per heavy atom. The molecule has 0 atom stereocenters. The normalized spacial score (nSPS) is 10.8. The molecular formula is C17H23N3. The number of aromatic nitrogens is 2. The summed E-state index contributed by atoms with van der Waals surface area (Å²) in [5, 5.41) is 3.36. The Morgan fingerprint density at radius 1 is 1.15 bits per heavy atom. The van der Waals surface area contributed by atoms with Crippen molar-refractivity contribution in [3.8, 4) is 11.4 Å². The largest absolute Gasteiger partial charge is 0.370 e. The molecule has 2 rings (SSSR count). The van der Waals surface area contributed by atoms with Crippen LogP contribution in [-0.2, 0) is 0 Å². The number of nitrogens with zero attached hydrogens (tertiary/aromatic N) is 2. The van der Waals surface area contributed by atoms with Crippen molar-refractivity contribution in [3.05, 3.63) is 41.6 Å². The summed E-state index contributed by atoms with van der Waals surface area (Å²) in [6.07, 6.45) is 1.08. The van der Waals surface area contributed by atoms with Gasteiger partial charge in [-0.05, 0) is 25.3 Å². The minimum absolute atomic E-state index is 0.392. The van der Waals surface area contributed by atoms with Crippen molar-refractivity contribution >= 4 is 5.82 Å². The van der Waals surface area contributed by atoms with Gasteiger partial charge in [0.2, 0.25) is 0 Å². The minimum Gasteiger partial charge on any atom is -0.370 e. The summed E-state index contributed by atoms with van der Waals surface area (Å²) in [6, 6.07) is 10.4. The van der Waals surface area contributed by atoms with Gasteiger partial charge in [0, 0.05) is 23.9 Å². The summed E-state index contributed by atoms with van der Waals surface area (Å²) in [7, 11) is 0. The second-order valence-electron chi connectivity index (χ2n) is 5.45. The average molecular weight is 269 g/mol. The van der Waals surface area contributed by atoms with Crippen LogP contribution in [-0.4, -0.2) is 16.5 Å². The summed E-state index contributed by atoms with van der Waals surface area (Å²) in [6.45, 7) is 9.49. The van der Waals surface area contributed by atoms with E-state index < -0.39 is 0 Å². The molecule has 3 heteroatoms. The lowest BCUT2D eigenvalue weighted by Crippen LogP contribution is -2.06. The summed E-state index contributed by atoms with van der Waals surface area (Å²) >= 11 is 0. The van der Waals surface area contributed by atoms with E-state index in [9.17, 15) is 0 Å². The Labute approximate surface area is 121 Å². The molecule has 0 saturated carbocycles. The number of hydrogen-bond acceptors (Lipinski definition) is 3. The number of anilines is 1. The maximum atomic E-state index is 4.70. The fourth-order valence-corrected chi connectivity index (χ4v) is 2.02. The minimum atomic E-state index is 0.392. The molecule has 2 aromatic rings. The third kappa shape index (κ3) is 3.56. The molecule has 0 saturated heterocycles. The Hall–Kier alpha value is -1.90. The molecular weight excluding hydrogens is 246 g/mol. The first kappa shape index (κ1) is 14.5. The third-order valence-corrected chi connectivity index (χ3v) is 3.17. The van der Waals surface area contributed by atoms with Crippen LogP contribution in [0, 0.1) is 6.92 Å². The Bertz CT molecular complexity index is 576. The van der Waals surface area contributed by atoms with Crippen molar-refractivity contribution < 1.29 is 0 Å². The highest BCUT2D eigenvalue weighted by Gasteiger charge is 2.09. The molecule has 0 unspecified atom stereocenters. The molecule has 3 nitrogen and oxygen atoms in total. The number of nitrogens with one attached hydrogen (secondary N) is 1. The van der Waals surface area contributed by atoms with Gasteiger partial charge in [-0.25, -0.2) is 9.97 Å². The van der Waals surface area contributed by atoms with E-state index in [2.05, 4.69) is 68.3 Å². The van der Waals surface area contributed by atoms with Crippen molar-refractivity contribution in [2.24, 2.45) is 0 Å². The molecule has 1 N–H and O–H groups in total. The molecule has 106 valence electrons. The molecule has 0 spiro atoms. The first-order chi connectivity index (χ1) is 9.60. The third-order valence-electron chi connectivity index (χ3n) is 3.17. The number of aryl methyl sites for hydroxylation is 1. The van der Waals surface area contributed by atoms with Gasteiger partial charge in [-0.15, -0.1) is 0 Å². The van der Waals surface area contributed by atoms with Crippen molar-refractivity contribution in [3.63, 3.8) is 0 Å². The van der Waals surface area contributed by atoms with Crippen LogP contribution in [0.1, 0.15) is 44.4 Å². The average Bonchev–Trinajstić information content (AvgIpc) is 2.44. The van der Waals surface area contributed by atoms with E-state index >= 15 is 0 Å². The molecule has 0 amide bonds. The molecule has 0 bridgehead atoms. The van der Waals surface area contributed by atoms with Gasteiger partial charge in [-0.1, -0.05) is 44.5 Å². The number of rotatable bonds is 5. The van der Waals surface area contributed by atoms with Crippen LogP contribution in [0.5, 0.6) is 0 Å². The zero-order chi connectivity index (χ0) is 14.5. The summed E-state index contributed by atoms with van der Waals surface area (Å²) in [5.41, 5.74) is 3.38. The maximum Gasteiger partial charge on any atom is 0.161 e. The zero-order valence-electron chi connectivity index (χ0n) is 12.8. The first-order valence-corrected chi connectivity index (χ1v) is 7.30. The predicted molar refractivity (Wildman–Crippen MR) is 85.1 cm³/mol. The van der Waals surface area contributed by atoms with E-state index in [1.54, 1.807) is 0 Å². The van der Waals surface area contributed by atoms with Crippen molar-refractivity contribution in [1.82, 2.24) is 9.97 Å². The monoisotopic (exact) mass is 269 g/mol. The topological polar surface area (TPSA) is 37.8 Å². The van der Waals surface area contributed by atoms with Crippen molar-refractivity contribution in [2.75, 3.05) is 11.9 Å². The second kappa shape index (κ2) is 6.51. The van der Waals surface area contributed by atoms with Crippen LogP contribution >= 0.6 is 0 Å². The molecule has 1 heterocycles. The lowest BCUT2D eigenvalue weighted by molar-refractivity contribution is 0.816. The molecule has 1 aromatic carbocycles. The fraction of sp³-hybridized carbons (Fsp3) is 0.412. The van der Waals surface area contributed by atoms with Crippen LogP contribution in [0.4, 0.5) is 5.82 Å². The molecule has 20 heavy (non-hydrogen) atoms. The highest BCUT2D eigenvalue weighted by molar-refractivity contribution is 5.58. The highest BCUT2D eigenvalue weighted by atomic mass is 15.0. The van der Waals surface area contributed by atoms with Crippen LogP contribution in [0.25, 0.3) is 11.4 Å². The Morgan fingerprint density at radius 3 is 2.60 bits per heavy atom. The summed E-state index contributed by atoms with van der Waals surface area (Å²) < 4.78 is 0. The molecule has 0 fully saturated rings. The molecule has 1 aromatic heterocycles. The van der Waals surface area contributed by atoms with Gasteiger partial charge in [0.05, 0.1) is 0 Å². The summed E-state index contributed by atoms with van der Waals surface area (Å²) in [4.78, 5) is 9.34. The van der Waals surface area contributed by atoms with Gasteiger partial charge in [0.1, 0.15) is 5.82 Å². The van der Waals surface area contributed by atoms with Crippen LogP contribution in [0.3, 0.4) is 0 Å². The van der Waals surface area contributed by atoms with Gasteiger partial charge in [-0.2, -0.15) is 0 Å². The van der Waals surface area contributed by atoms with Gasteiger partial charge in [0.25, 0.3) is 0 Å². The molecule has 0 aliphatic rings. The number of benzene rings is 1. The van der Waals surface area contributed by atoms with Crippen LogP contribution in [0.15, 0.2) is 30.3 Å². The molecule has 0 aliphatic carbocycles. The second-order valence-corrected chi connectivity index (χ2v) is 5.45.